The summed E-state index contributed by atoms with van der Waals surface area (Å²) in [6.07, 6.45) is 4.76. The number of amides is 1. The van der Waals surface area contributed by atoms with Crippen molar-refractivity contribution < 1.29 is 4.79 Å². The number of aromatic nitrogens is 2. The minimum absolute atomic E-state index is 0.0304. The molecule has 0 atom stereocenters. The molecule has 0 radical (unpaired) electrons. The summed E-state index contributed by atoms with van der Waals surface area (Å²) < 4.78 is 1.86. The number of carbonyl (C=O) groups excluding carboxylic acids is 1. The lowest BCUT2D eigenvalue weighted by Gasteiger charge is -2.30. The van der Waals surface area contributed by atoms with Gasteiger partial charge in [-0.1, -0.05) is 43.2 Å². The van der Waals surface area contributed by atoms with Crippen LogP contribution >= 0.6 is 11.3 Å². The lowest BCUT2D eigenvalue weighted by atomic mass is 9.79. The van der Waals surface area contributed by atoms with Gasteiger partial charge in [-0.2, -0.15) is 5.10 Å². The number of rotatable bonds is 4. The van der Waals surface area contributed by atoms with Gasteiger partial charge in [0.05, 0.1) is 10.6 Å². The molecule has 4 nitrogen and oxygen atoms in total. The average Bonchev–Trinajstić information content (AvgIpc) is 3.33. The second-order valence-electron chi connectivity index (χ2n) is 7.07. The Morgan fingerprint density at radius 1 is 1.28 bits per heavy atom. The molecular weight excluding hydrogens is 330 g/mol. The van der Waals surface area contributed by atoms with E-state index in [1.807, 2.05) is 24.7 Å². The van der Waals surface area contributed by atoms with Crippen LogP contribution in [-0.2, 0) is 12.5 Å². The monoisotopic (exact) mass is 353 g/mol. The summed E-state index contributed by atoms with van der Waals surface area (Å²) in [4.78, 5) is 14.6. The molecular formula is C20H23N3OS. The molecule has 0 bridgehead atoms. The van der Waals surface area contributed by atoms with Crippen LogP contribution in [0.3, 0.4) is 0 Å². The highest BCUT2D eigenvalue weighted by Crippen LogP contribution is 2.40. The van der Waals surface area contributed by atoms with E-state index in [0.717, 1.165) is 33.6 Å². The van der Waals surface area contributed by atoms with Crippen LogP contribution in [0.4, 0.5) is 0 Å². The van der Waals surface area contributed by atoms with Gasteiger partial charge < -0.3 is 5.32 Å². The molecule has 0 saturated heterocycles. The summed E-state index contributed by atoms with van der Waals surface area (Å²) in [5, 5.41) is 8.70. The topological polar surface area (TPSA) is 46.9 Å². The van der Waals surface area contributed by atoms with E-state index in [2.05, 4.69) is 40.7 Å². The Hall–Kier alpha value is -2.14. The van der Waals surface area contributed by atoms with E-state index in [4.69, 9.17) is 0 Å². The predicted molar refractivity (Wildman–Crippen MR) is 102 cm³/mol. The molecule has 5 heteroatoms. The smallest absolute Gasteiger partial charge is 0.261 e. The molecule has 1 aromatic carbocycles. The van der Waals surface area contributed by atoms with Crippen LogP contribution in [0, 0.1) is 6.92 Å². The lowest BCUT2D eigenvalue weighted by molar-refractivity contribution is 0.0947. The molecule has 1 aliphatic carbocycles. The first-order valence-corrected chi connectivity index (χ1v) is 9.68. The number of benzene rings is 1. The summed E-state index contributed by atoms with van der Waals surface area (Å²) >= 11 is 1.52. The molecule has 3 aromatic rings. The summed E-state index contributed by atoms with van der Waals surface area (Å²) in [6.45, 7) is 2.70. The first-order chi connectivity index (χ1) is 12.1. The lowest BCUT2D eigenvalue weighted by Crippen LogP contribution is -2.38. The fraction of sp³-hybridized carbons (Fsp3) is 0.400. The number of carbonyl (C=O) groups is 1. The van der Waals surface area contributed by atoms with Gasteiger partial charge in [0.15, 0.2) is 0 Å². The number of hydrogen-bond acceptors (Lipinski definition) is 3. The van der Waals surface area contributed by atoms with Crippen molar-refractivity contribution in [3.05, 3.63) is 52.5 Å². The Morgan fingerprint density at radius 3 is 2.68 bits per heavy atom. The molecule has 0 aliphatic heterocycles. The third-order valence-corrected chi connectivity index (χ3v) is 6.65. The van der Waals surface area contributed by atoms with Crippen LogP contribution in [0.2, 0.25) is 0 Å². The van der Waals surface area contributed by atoms with Gasteiger partial charge >= 0.3 is 0 Å². The zero-order valence-corrected chi connectivity index (χ0v) is 15.5. The van der Waals surface area contributed by atoms with Gasteiger partial charge in [-0.3, -0.25) is 9.48 Å². The molecule has 1 saturated carbocycles. The molecule has 130 valence electrons. The molecule has 0 spiro atoms. The normalized spacial score (nSPS) is 16.4. The Labute approximate surface area is 151 Å². The fourth-order valence-corrected chi connectivity index (χ4v) is 5.10. The minimum Gasteiger partial charge on any atom is -0.350 e. The molecule has 2 heterocycles. The van der Waals surface area contributed by atoms with Crippen molar-refractivity contribution in [2.45, 2.75) is 38.0 Å². The molecule has 25 heavy (non-hydrogen) atoms. The van der Waals surface area contributed by atoms with E-state index in [0.29, 0.717) is 6.54 Å². The van der Waals surface area contributed by atoms with Gasteiger partial charge in [-0.15, -0.1) is 11.3 Å². The molecule has 0 unspecified atom stereocenters. The quantitative estimate of drug-likeness (QED) is 0.765. The summed E-state index contributed by atoms with van der Waals surface area (Å²) in [6, 6.07) is 12.6. The summed E-state index contributed by atoms with van der Waals surface area (Å²) in [5.74, 6) is 0.0304. The van der Waals surface area contributed by atoms with Gasteiger partial charge in [-0.25, -0.2) is 0 Å². The predicted octanol–water partition coefficient (Wildman–Crippen LogP) is 4.19. The van der Waals surface area contributed by atoms with Crippen molar-refractivity contribution in [2.75, 3.05) is 6.54 Å². The van der Waals surface area contributed by atoms with Crippen molar-refractivity contribution >= 4 is 27.5 Å². The maximum atomic E-state index is 12.7. The zero-order valence-electron chi connectivity index (χ0n) is 14.7. The molecule has 4 rings (SSSR count). The van der Waals surface area contributed by atoms with Crippen LogP contribution in [0.1, 0.15) is 46.6 Å². The van der Waals surface area contributed by atoms with Gasteiger partial charge in [0.25, 0.3) is 5.91 Å². The van der Waals surface area contributed by atoms with Crippen LogP contribution in [0.25, 0.3) is 10.2 Å². The molecule has 2 aromatic heterocycles. The Kier molecular flexibility index (Phi) is 4.12. The fourth-order valence-electron chi connectivity index (χ4n) is 4.06. The number of aryl methyl sites for hydroxylation is 2. The van der Waals surface area contributed by atoms with Gasteiger partial charge in [0.1, 0.15) is 4.83 Å². The molecule has 1 amide bonds. The highest BCUT2D eigenvalue weighted by atomic mass is 32.1. The number of nitrogens with one attached hydrogen (secondary N) is 1. The maximum Gasteiger partial charge on any atom is 0.261 e. The Balaban J connectivity index is 1.54. The van der Waals surface area contributed by atoms with E-state index < -0.39 is 0 Å². The van der Waals surface area contributed by atoms with Crippen molar-refractivity contribution in [3.63, 3.8) is 0 Å². The zero-order chi connectivity index (χ0) is 17.4. The number of thiophene rings is 1. The maximum absolute atomic E-state index is 12.7. The van der Waals surface area contributed by atoms with Gasteiger partial charge in [0.2, 0.25) is 0 Å². The number of fused-ring (bicyclic) bond motifs is 1. The molecule has 1 fully saturated rings. The summed E-state index contributed by atoms with van der Waals surface area (Å²) in [5.41, 5.74) is 2.42. The van der Waals surface area contributed by atoms with Crippen LogP contribution < -0.4 is 5.32 Å². The van der Waals surface area contributed by atoms with Crippen LogP contribution in [-0.4, -0.2) is 22.2 Å². The van der Waals surface area contributed by atoms with E-state index in [-0.39, 0.29) is 11.3 Å². The molecule has 1 N–H and O–H groups in total. The number of hydrogen-bond donors (Lipinski definition) is 1. The van der Waals surface area contributed by atoms with E-state index in [1.165, 1.54) is 29.7 Å². The van der Waals surface area contributed by atoms with Crippen molar-refractivity contribution in [3.8, 4) is 0 Å². The standard InChI is InChI=1S/C20H23N3OS/c1-14-16-12-17(25-19(16)23(2)22-14)18(24)21-13-20(10-6-7-11-20)15-8-4-3-5-9-15/h3-5,8-9,12H,6-7,10-11,13H2,1-2H3,(H,21,24). The first kappa shape index (κ1) is 16.3. The first-order valence-electron chi connectivity index (χ1n) is 8.86. The summed E-state index contributed by atoms with van der Waals surface area (Å²) in [7, 11) is 1.93. The minimum atomic E-state index is 0.0304. The van der Waals surface area contributed by atoms with Crippen molar-refractivity contribution in [1.29, 1.82) is 0 Å². The third kappa shape index (κ3) is 2.86. The highest BCUT2D eigenvalue weighted by Gasteiger charge is 2.35. The van der Waals surface area contributed by atoms with Crippen molar-refractivity contribution in [2.24, 2.45) is 7.05 Å². The SMILES string of the molecule is Cc1nn(C)c2sc(C(=O)NCC3(c4ccccc4)CCCC3)cc12. The largest absolute Gasteiger partial charge is 0.350 e. The van der Waals surface area contributed by atoms with E-state index in [9.17, 15) is 4.79 Å². The van der Waals surface area contributed by atoms with E-state index in [1.54, 1.807) is 0 Å². The molecule has 1 aliphatic rings. The second-order valence-corrected chi connectivity index (χ2v) is 8.11. The van der Waals surface area contributed by atoms with Crippen LogP contribution in [0.5, 0.6) is 0 Å². The van der Waals surface area contributed by atoms with Crippen molar-refractivity contribution in [1.82, 2.24) is 15.1 Å². The van der Waals surface area contributed by atoms with Crippen LogP contribution in [0.15, 0.2) is 36.4 Å². The second kappa shape index (κ2) is 6.30. The average molecular weight is 353 g/mol. The van der Waals surface area contributed by atoms with Gasteiger partial charge in [-0.05, 0) is 31.4 Å². The van der Waals surface area contributed by atoms with Gasteiger partial charge in [0, 0.05) is 24.4 Å². The third-order valence-electron chi connectivity index (χ3n) is 5.45. The Bertz CT molecular complexity index is 869. The van der Waals surface area contributed by atoms with E-state index >= 15 is 0 Å². The Morgan fingerprint density at radius 2 is 2.00 bits per heavy atom. The number of nitrogens with zero attached hydrogens (tertiary/aromatic N) is 2. The highest BCUT2D eigenvalue weighted by molar-refractivity contribution is 7.20.